The fourth-order valence-electron chi connectivity index (χ4n) is 3.35. The molecule has 0 bridgehead atoms. The first-order valence-corrected chi connectivity index (χ1v) is 10.3. The Morgan fingerprint density at radius 3 is 2.44 bits per heavy atom. The molecule has 0 saturated carbocycles. The van der Waals surface area contributed by atoms with Crippen LogP contribution in [-0.2, 0) is 9.59 Å². The molecule has 1 heterocycles. The van der Waals surface area contributed by atoms with E-state index < -0.39 is 11.8 Å². The lowest BCUT2D eigenvalue weighted by molar-refractivity contribution is -0.136. The molecule has 0 spiro atoms. The van der Waals surface area contributed by atoms with Gasteiger partial charge < -0.3 is 14.6 Å². The van der Waals surface area contributed by atoms with E-state index in [9.17, 15) is 9.59 Å². The number of carbonyl (C=O) groups excluding carboxylic acids is 2. The molecule has 2 amide bonds. The second-order valence-electron chi connectivity index (χ2n) is 7.43. The SMILES string of the molecule is COc1ccc(Cl)cc1NC(=O)C(=O)N/N=C\c1cc(C)n(-c2ccc(C)c(C)c2)c1C. The van der Waals surface area contributed by atoms with E-state index in [1.54, 1.807) is 12.1 Å². The summed E-state index contributed by atoms with van der Waals surface area (Å²) < 4.78 is 7.28. The average molecular weight is 453 g/mol. The van der Waals surface area contributed by atoms with Gasteiger partial charge in [-0.1, -0.05) is 17.7 Å². The minimum Gasteiger partial charge on any atom is -0.495 e. The largest absolute Gasteiger partial charge is 0.495 e. The molecule has 7 nitrogen and oxygen atoms in total. The normalized spacial score (nSPS) is 10.9. The van der Waals surface area contributed by atoms with Gasteiger partial charge in [-0.2, -0.15) is 5.10 Å². The number of hydrogen-bond donors (Lipinski definition) is 2. The Bertz CT molecular complexity index is 1210. The molecule has 1 aromatic heterocycles. The van der Waals surface area contributed by atoms with Crippen LogP contribution in [0.3, 0.4) is 0 Å². The molecule has 0 aliphatic rings. The van der Waals surface area contributed by atoms with Gasteiger partial charge in [-0.3, -0.25) is 9.59 Å². The van der Waals surface area contributed by atoms with Crippen molar-refractivity contribution < 1.29 is 14.3 Å². The summed E-state index contributed by atoms with van der Waals surface area (Å²) in [5, 5.41) is 6.82. The number of ether oxygens (including phenoxy) is 1. The van der Waals surface area contributed by atoms with E-state index in [1.807, 2.05) is 19.9 Å². The molecular formula is C24H25ClN4O3. The maximum atomic E-state index is 12.2. The summed E-state index contributed by atoms with van der Waals surface area (Å²) in [6.45, 7) is 8.14. The molecule has 0 atom stereocenters. The van der Waals surface area contributed by atoms with E-state index in [2.05, 4.69) is 52.5 Å². The molecule has 0 radical (unpaired) electrons. The number of nitrogens with one attached hydrogen (secondary N) is 2. The summed E-state index contributed by atoms with van der Waals surface area (Å²) in [6, 6.07) is 13.0. The van der Waals surface area contributed by atoms with Gasteiger partial charge in [0.2, 0.25) is 0 Å². The summed E-state index contributed by atoms with van der Waals surface area (Å²) in [5.74, 6) is -1.41. The summed E-state index contributed by atoms with van der Waals surface area (Å²) in [5.41, 5.74) is 8.87. The third kappa shape index (κ3) is 5.00. The van der Waals surface area contributed by atoms with Gasteiger partial charge in [0.1, 0.15) is 5.75 Å². The number of aryl methyl sites for hydroxylation is 3. The Balaban J connectivity index is 1.71. The number of rotatable bonds is 5. The molecular weight excluding hydrogens is 428 g/mol. The zero-order valence-electron chi connectivity index (χ0n) is 18.6. The van der Waals surface area contributed by atoms with Gasteiger partial charge in [0.25, 0.3) is 0 Å². The van der Waals surface area contributed by atoms with Crippen molar-refractivity contribution in [2.45, 2.75) is 27.7 Å². The number of hydrazone groups is 1. The van der Waals surface area contributed by atoms with Crippen molar-refractivity contribution in [2.24, 2.45) is 5.10 Å². The van der Waals surface area contributed by atoms with Crippen molar-refractivity contribution in [1.29, 1.82) is 0 Å². The van der Waals surface area contributed by atoms with Crippen LogP contribution in [0.4, 0.5) is 5.69 Å². The van der Waals surface area contributed by atoms with Crippen LogP contribution < -0.4 is 15.5 Å². The summed E-state index contributed by atoms with van der Waals surface area (Å²) >= 11 is 5.95. The zero-order valence-corrected chi connectivity index (χ0v) is 19.4. The van der Waals surface area contributed by atoms with Crippen LogP contribution in [-0.4, -0.2) is 29.7 Å². The number of anilines is 1. The molecule has 2 N–H and O–H groups in total. The van der Waals surface area contributed by atoms with Crippen LogP contribution in [0, 0.1) is 27.7 Å². The summed E-state index contributed by atoms with van der Waals surface area (Å²) in [7, 11) is 1.46. The third-order valence-electron chi connectivity index (χ3n) is 5.20. The number of carbonyl (C=O) groups is 2. The maximum Gasteiger partial charge on any atom is 0.329 e. The molecule has 8 heteroatoms. The number of hydrogen-bond acceptors (Lipinski definition) is 4. The number of nitrogens with zero attached hydrogens (tertiary/aromatic N) is 2. The lowest BCUT2D eigenvalue weighted by atomic mass is 10.1. The fourth-order valence-corrected chi connectivity index (χ4v) is 3.52. The van der Waals surface area contributed by atoms with Crippen molar-refractivity contribution in [3.05, 3.63) is 75.6 Å². The molecule has 0 aliphatic carbocycles. The first-order chi connectivity index (χ1) is 15.2. The Morgan fingerprint density at radius 1 is 1.00 bits per heavy atom. The molecule has 166 valence electrons. The highest BCUT2D eigenvalue weighted by molar-refractivity contribution is 6.40. The van der Waals surface area contributed by atoms with Gasteiger partial charge in [-0.05, 0) is 75.2 Å². The molecule has 3 aromatic rings. The van der Waals surface area contributed by atoms with Crippen LogP contribution >= 0.6 is 11.6 Å². The Morgan fingerprint density at radius 2 is 1.75 bits per heavy atom. The molecule has 2 aromatic carbocycles. The summed E-state index contributed by atoms with van der Waals surface area (Å²) in [4.78, 5) is 24.4. The monoisotopic (exact) mass is 452 g/mol. The van der Waals surface area contributed by atoms with E-state index in [-0.39, 0.29) is 0 Å². The highest BCUT2D eigenvalue weighted by Gasteiger charge is 2.16. The minimum atomic E-state index is -0.911. The standard InChI is InChI=1S/C24H25ClN4O3/c1-14-6-8-20(10-15(14)2)29-16(3)11-18(17(29)4)13-26-28-24(31)23(30)27-21-12-19(25)7-9-22(21)32-5/h6-13H,1-5H3,(H,27,30)(H,28,31)/b26-13-. The third-order valence-corrected chi connectivity index (χ3v) is 5.44. The molecule has 32 heavy (non-hydrogen) atoms. The van der Waals surface area contributed by atoms with Crippen LogP contribution in [0.1, 0.15) is 28.1 Å². The number of benzene rings is 2. The predicted octanol–water partition coefficient (Wildman–Crippen LogP) is 4.46. The number of methoxy groups -OCH3 is 1. The molecule has 0 aliphatic heterocycles. The highest BCUT2D eigenvalue weighted by atomic mass is 35.5. The Labute approximate surface area is 192 Å². The predicted molar refractivity (Wildman–Crippen MR) is 127 cm³/mol. The van der Waals surface area contributed by atoms with E-state index in [0.717, 1.165) is 22.6 Å². The van der Waals surface area contributed by atoms with Gasteiger partial charge >= 0.3 is 11.8 Å². The van der Waals surface area contributed by atoms with Crippen LogP contribution in [0.25, 0.3) is 5.69 Å². The molecule has 0 unspecified atom stereocenters. The minimum absolute atomic E-state index is 0.293. The van der Waals surface area contributed by atoms with E-state index in [0.29, 0.717) is 16.5 Å². The number of amides is 2. The zero-order chi connectivity index (χ0) is 23.4. The Hall–Kier alpha value is -3.58. The topological polar surface area (TPSA) is 84.7 Å². The van der Waals surface area contributed by atoms with Crippen molar-refractivity contribution in [1.82, 2.24) is 9.99 Å². The first kappa shape index (κ1) is 23.1. The van der Waals surface area contributed by atoms with E-state index >= 15 is 0 Å². The average Bonchev–Trinajstić information content (AvgIpc) is 3.03. The lowest BCUT2D eigenvalue weighted by Crippen LogP contribution is -2.32. The first-order valence-electron chi connectivity index (χ1n) is 9.95. The Kier molecular flexibility index (Phi) is 7.00. The van der Waals surface area contributed by atoms with Crippen molar-refractivity contribution in [3.8, 4) is 11.4 Å². The van der Waals surface area contributed by atoms with Gasteiger partial charge in [0.15, 0.2) is 0 Å². The van der Waals surface area contributed by atoms with Crippen LogP contribution in [0.5, 0.6) is 5.75 Å². The van der Waals surface area contributed by atoms with Gasteiger partial charge in [-0.25, -0.2) is 5.43 Å². The smallest absolute Gasteiger partial charge is 0.329 e. The lowest BCUT2D eigenvalue weighted by Gasteiger charge is -2.11. The van der Waals surface area contributed by atoms with Gasteiger partial charge in [-0.15, -0.1) is 0 Å². The second kappa shape index (κ2) is 9.70. The highest BCUT2D eigenvalue weighted by Crippen LogP contribution is 2.27. The van der Waals surface area contributed by atoms with Gasteiger partial charge in [0, 0.05) is 27.7 Å². The number of aromatic nitrogens is 1. The second-order valence-corrected chi connectivity index (χ2v) is 7.86. The molecule has 0 fully saturated rings. The van der Waals surface area contributed by atoms with Crippen LogP contribution in [0.15, 0.2) is 47.6 Å². The molecule has 0 saturated heterocycles. The quantitative estimate of drug-likeness (QED) is 0.340. The van der Waals surface area contributed by atoms with Gasteiger partial charge in [0.05, 0.1) is 19.0 Å². The molecule has 3 rings (SSSR count). The maximum absolute atomic E-state index is 12.2. The van der Waals surface area contributed by atoms with Crippen molar-refractivity contribution in [3.63, 3.8) is 0 Å². The van der Waals surface area contributed by atoms with Crippen molar-refractivity contribution >= 4 is 35.3 Å². The summed E-state index contributed by atoms with van der Waals surface area (Å²) in [6.07, 6.45) is 1.52. The van der Waals surface area contributed by atoms with Crippen LogP contribution in [0.2, 0.25) is 5.02 Å². The number of halogens is 1. The fraction of sp³-hybridized carbons (Fsp3) is 0.208. The van der Waals surface area contributed by atoms with Crippen molar-refractivity contribution in [2.75, 3.05) is 12.4 Å². The van der Waals surface area contributed by atoms with E-state index in [1.165, 1.54) is 30.5 Å². The van der Waals surface area contributed by atoms with E-state index in [4.69, 9.17) is 16.3 Å².